The first-order valence-electron chi connectivity index (χ1n) is 14.7. The van der Waals surface area contributed by atoms with Gasteiger partial charge in [0.25, 0.3) is 11.8 Å². The minimum Gasteiger partial charge on any atom is -0.483 e. The first-order valence-corrected chi connectivity index (χ1v) is 15.8. The van der Waals surface area contributed by atoms with Crippen molar-refractivity contribution in [2.24, 2.45) is 0 Å². The highest BCUT2D eigenvalue weighted by molar-refractivity contribution is 6.42. The molecule has 0 radical (unpaired) electrons. The molecule has 0 unspecified atom stereocenters. The van der Waals surface area contributed by atoms with Crippen LogP contribution in [0.25, 0.3) is 11.5 Å². The fraction of sp³-hybridized carbons (Fsp3) is 0.353. The Morgan fingerprint density at radius 1 is 0.867 bits per heavy atom. The molecule has 0 aliphatic heterocycles. The van der Waals surface area contributed by atoms with Gasteiger partial charge in [-0.05, 0) is 65.6 Å². The zero-order valence-corrected chi connectivity index (χ0v) is 28.5. The van der Waals surface area contributed by atoms with Gasteiger partial charge < -0.3 is 19.9 Å². The summed E-state index contributed by atoms with van der Waals surface area (Å²) in [5.74, 6) is 0.292. The molecule has 0 bridgehead atoms. The van der Waals surface area contributed by atoms with Crippen LogP contribution in [-0.2, 0) is 26.8 Å². The number of ether oxygens (including phenoxy) is 1. The molecule has 1 aromatic heterocycles. The van der Waals surface area contributed by atoms with E-state index in [-0.39, 0.29) is 57.2 Å². The Hall–Kier alpha value is -3.59. The van der Waals surface area contributed by atoms with Crippen molar-refractivity contribution in [2.75, 3.05) is 17.2 Å². The number of rotatable bonds is 12. The van der Waals surface area contributed by atoms with E-state index in [0.717, 1.165) is 18.4 Å². The number of hydrogen-bond acceptors (Lipinski definition) is 6. The van der Waals surface area contributed by atoms with Gasteiger partial charge in [-0.3, -0.25) is 9.59 Å². The maximum Gasteiger partial charge on any atom is 0.262 e. The van der Waals surface area contributed by atoms with Crippen molar-refractivity contribution in [1.29, 1.82) is 0 Å². The zero-order valence-electron chi connectivity index (χ0n) is 26.2. The molecule has 0 fully saturated rings. The zero-order chi connectivity index (χ0) is 32.9. The van der Waals surface area contributed by atoms with Gasteiger partial charge in [0.05, 0.1) is 22.2 Å². The van der Waals surface area contributed by atoms with E-state index in [1.165, 1.54) is 17.7 Å². The first kappa shape index (κ1) is 34.3. The van der Waals surface area contributed by atoms with Gasteiger partial charge in [0.15, 0.2) is 12.4 Å². The fourth-order valence-electron chi connectivity index (χ4n) is 4.50. The van der Waals surface area contributed by atoms with Crippen molar-refractivity contribution >= 4 is 58.0 Å². The average Bonchev–Trinajstić information content (AvgIpc) is 3.46. The molecule has 0 saturated heterocycles. The average molecular weight is 672 g/mol. The van der Waals surface area contributed by atoms with E-state index in [1.807, 2.05) is 6.07 Å². The number of amides is 2. The minimum absolute atomic E-state index is 0.0328. The molecule has 4 aromatic rings. The van der Waals surface area contributed by atoms with Crippen LogP contribution in [0, 0.1) is 0 Å². The third-order valence-electron chi connectivity index (χ3n) is 8.07. The number of anilines is 2. The van der Waals surface area contributed by atoms with Gasteiger partial charge >= 0.3 is 0 Å². The van der Waals surface area contributed by atoms with E-state index in [2.05, 4.69) is 74.4 Å². The lowest BCUT2D eigenvalue weighted by atomic mass is 9.76. The highest BCUT2D eigenvalue weighted by Crippen LogP contribution is 2.38. The smallest absolute Gasteiger partial charge is 0.262 e. The third kappa shape index (κ3) is 8.57. The second kappa shape index (κ2) is 14.2. The second-order valence-corrected chi connectivity index (χ2v) is 13.3. The van der Waals surface area contributed by atoms with Gasteiger partial charge in [-0.1, -0.05) is 99.7 Å². The number of benzene rings is 3. The Labute approximate surface area is 278 Å². The maximum atomic E-state index is 12.9. The summed E-state index contributed by atoms with van der Waals surface area (Å²) in [6, 6.07) is 16.2. The van der Waals surface area contributed by atoms with E-state index in [9.17, 15) is 9.59 Å². The molecule has 0 saturated carbocycles. The highest BCUT2D eigenvalue weighted by atomic mass is 35.5. The molecule has 0 aliphatic carbocycles. The van der Waals surface area contributed by atoms with Gasteiger partial charge in [-0.2, -0.15) is 4.98 Å². The largest absolute Gasteiger partial charge is 0.483 e. The van der Waals surface area contributed by atoms with Gasteiger partial charge in [0, 0.05) is 21.8 Å². The predicted molar refractivity (Wildman–Crippen MR) is 181 cm³/mol. The summed E-state index contributed by atoms with van der Waals surface area (Å²) >= 11 is 18.2. The van der Waals surface area contributed by atoms with Crippen LogP contribution in [0.1, 0.15) is 71.3 Å². The van der Waals surface area contributed by atoms with E-state index < -0.39 is 5.91 Å². The number of nitrogens with one attached hydrogen (secondary N) is 2. The third-order valence-corrected chi connectivity index (χ3v) is 8.88. The van der Waals surface area contributed by atoms with Crippen LogP contribution in [0.5, 0.6) is 5.75 Å². The molecule has 45 heavy (non-hydrogen) atoms. The van der Waals surface area contributed by atoms with Gasteiger partial charge in [0.2, 0.25) is 5.91 Å². The van der Waals surface area contributed by atoms with Crippen molar-refractivity contribution in [3.63, 3.8) is 0 Å². The molecule has 2 N–H and O–H groups in total. The SMILES string of the molecule is CCC(C)(C)c1ccc(OCC(=O)Nc2cccc(-c3nc(CC(=O)Nc4c(Cl)cc(Cl)cc4Cl)no3)c2)c(C(C)(C)CC)c1. The molecule has 1 heterocycles. The highest BCUT2D eigenvalue weighted by Gasteiger charge is 2.27. The molecule has 0 atom stereocenters. The number of halogens is 3. The number of hydrogen-bond donors (Lipinski definition) is 2. The summed E-state index contributed by atoms with van der Waals surface area (Å²) in [5.41, 5.74) is 3.57. The molecule has 0 spiro atoms. The summed E-state index contributed by atoms with van der Waals surface area (Å²) in [7, 11) is 0. The summed E-state index contributed by atoms with van der Waals surface area (Å²) in [5, 5.41) is 10.2. The molecular formula is C34H37Cl3N4O4. The van der Waals surface area contributed by atoms with Crippen LogP contribution >= 0.6 is 34.8 Å². The molecule has 8 nitrogen and oxygen atoms in total. The maximum absolute atomic E-state index is 12.9. The second-order valence-electron chi connectivity index (χ2n) is 12.1. The van der Waals surface area contributed by atoms with Gasteiger partial charge in [0.1, 0.15) is 5.75 Å². The normalized spacial score (nSPS) is 11.8. The van der Waals surface area contributed by atoms with E-state index >= 15 is 0 Å². The summed E-state index contributed by atoms with van der Waals surface area (Å²) in [4.78, 5) is 29.8. The molecule has 238 valence electrons. The molecule has 4 rings (SSSR count). The number of carbonyl (C=O) groups excluding carboxylic acids is 2. The van der Waals surface area contributed by atoms with Gasteiger partial charge in [-0.15, -0.1) is 0 Å². The molecule has 3 aromatic carbocycles. The first-order chi connectivity index (χ1) is 21.2. The summed E-state index contributed by atoms with van der Waals surface area (Å²) in [6.07, 6.45) is 1.75. The molecule has 11 heteroatoms. The standard InChI is InChI=1S/C34H37Cl3N4O4/c1-7-33(3,4)21-12-13-27(24(15-21)34(5,6)8-2)44-19-30(43)38-23-11-9-10-20(14-23)32-39-28(41-45-32)18-29(42)40-31-25(36)16-22(35)17-26(31)37/h9-17H,7-8,18-19H2,1-6H3,(H,38,43)(H,40,42). The molecular weight excluding hydrogens is 635 g/mol. The monoisotopic (exact) mass is 670 g/mol. The quantitative estimate of drug-likeness (QED) is 0.156. The predicted octanol–water partition coefficient (Wildman–Crippen LogP) is 9.27. The van der Waals surface area contributed by atoms with E-state index in [0.29, 0.717) is 22.0 Å². The van der Waals surface area contributed by atoms with Crippen LogP contribution in [0.2, 0.25) is 15.1 Å². The molecule has 2 amide bonds. The van der Waals surface area contributed by atoms with Crippen LogP contribution in [0.3, 0.4) is 0 Å². The topological polar surface area (TPSA) is 106 Å². The van der Waals surface area contributed by atoms with Crippen molar-refractivity contribution in [3.05, 3.63) is 86.6 Å². The Bertz CT molecular complexity index is 1680. The van der Waals surface area contributed by atoms with Gasteiger partial charge in [-0.25, -0.2) is 0 Å². The Balaban J connectivity index is 1.40. The number of carbonyl (C=O) groups is 2. The van der Waals surface area contributed by atoms with Crippen molar-refractivity contribution < 1.29 is 18.8 Å². The fourth-order valence-corrected chi connectivity index (χ4v) is 5.41. The lowest BCUT2D eigenvalue weighted by Crippen LogP contribution is -2.24. The lowest BCUT2D eigenvalue weighted by molar-refractivity contribution is -0.118. The van der Waals surface area contributed by atoms with Crippen molar-refractivity contribution in [1.82, 2.24) is 10.1 Å². The van der Waals surface area contributed by atoms with Crippen molar-refractivity contribution in [2.45, 2.75) is 71.6 Å². The van der Waals surface area contributed by atoms with E-state index in [1.54, 1.807) is 24.3 Å². The number of aromatic nitrogens is 2. The summed E-state index contributed by atoms with van der Waals surface area (Å²) in [6.45, 7) is 13.0. The van der Waals surface area contributed by atoms with Crippen LogP contribution in [0.4, 0.5) is 11.4 Å². The van der Waals surface area contributed by atoms with Crippen LogP contribution in [0.15, 0.2) is 59.1 Å². The van der Waals surface area contributed by atoms with Crippen LogP contribution < -0.4 is 15.4 Å². The minimum atomic E-state index is -0.441. The Morgan fingerprint density at radius 3 is 2.22 bits per heavy atom. The number of nitrogens with zero attached hydrogens (tertiary/aromatic N) is 2. The van der Waals surface area contributed by atoms with Crippen molar-refractivity contribution in [3.8, 4) is 17.2 Å². The molecule has 0 aliphatic rings. The van der Waals surface area contributed by atoms with E-state index in [4.69, 9.17) is 44.1 Å². The van der Waals surface area contributed by atoms with Crippen LogP contribution in [-0.4, -0.2) is 28.6 Å². The Morgan fingerprint density at radius 2 is 1.56 bits per heavy atom. The Kier molecular flexibility index (Phi) is 10.8. The lowest BCUT2D eigenvalue weighted by Gasteiger charge is -2.30. The summed E-state index contributed by atoms with van der Waals surface area (Å²) < 4.78 is 11.4.